The summed E-state index contributed by atoms with van der Waals surface area (Å²) >= 11 is 0. The lowest BCUT2D eigenvalue weighted by atomic mass is 10.0. The zero-order valence-corrected chi connectivity index (χ0v) is 8.50. The third-order valence-corrected chi connectivity index (χ3v) is 2.63. The molecule has 0 saturated carbocycles. The number of aromatic nitrogens is 1. The monoisotopic (exact) mass is 193 g/mol. The summed E-state index contributed by atoms with van der Waals surface area (Å²) in [6.07, 6.45) is 0. The molecule has 1 aromatic heterocycles. The fourth-order valence-corrected chi connectivity index (χ4v) is 1.86. The highest BCUT2D eigenvalue weighted by Gasteiger charge is 2.18. The second kappa shape index (κ2) is 3.04. The molecule has 0 saturated heterocycles. The molecule has 0 bridgehead atoms. The number of hydrogen-bond acceptors (Lipinski definition) is 3. The van der Waals surface area contributed by atoms with Crippen LogP contribution in [0.5, 0.6) is 0 Å². The first kappa shape index (κ1) is 9.12. The van der Waals surface area contributed by atoms with Crippen LogP contribution in [-0.2, 0) is 6.54 Å². The van der Waals surface area contributed by atoms with E-state index in [0.717, 1.165) is 30.2 Å². The minimum Gasteiger partial charge on any atom is -0.396 e. The molecular weight excluding hydrogens is 178 g/mol. The molecule has 0 aromatic carbocycles. The van der Waals surface area contributed by atoms with Crippen LogP contribution in [0, 0.1) is 0 Å². The maximum atomic E-state index is 11.7. The Labute approximate surface area is 82.7 Å². The van der Waals surface area contributed by atoms with Crippen molar-refractivity contribution >= 4 is 11.5 Å². The Morgan fingerprint density at radius 3 is 2.93 bits per heavy atom. The largest absolute Gasteiger partial charge is 0.396 e. The van der Waals surface area contributed by atoms with Crippen LogP contribution in [0.15, 0.2) is 10.9 Å². The summed E-state index contributed by atoms with van der Waals surface area (Å²) in [5, 5.41) is 3.14. The molecule has 0 spiro atoms. The van der Waals surface area contributed by atoms with Crippen LogP contribution in [0.25, 0.3) is 0 Å². The lowest BCUT2D eigenvalue weighted by Crippen LogP contribution is -2.19. The molecule has 0 unspecified atom stereocenters. The Kier molecular flexibility index (Phi) is 1.98. The molecule has 0 aliphatic carbocycles. The second-order valence-corrected chi connectivity index (χ2v) is 3.93. The number of pyridine rings is 1. The molecule has 4 heteroatoms. The van der Waals surface area contributed by atoms with Crippen molar-refractivity contribution in [2.24, 2.45) is 0 Å². The zero-order chi connectivity index (χ0) is 10.3. The van der Waals surface area contributed by atoms with E-state index in [1.54, 1.807) is 10.6 Å². The number of fused-ring (bicyclic) bond motifs is 1. The van der Waals surface area contributed by atoms with E-state index in [1.807, 2.05) is 13.8 Å². The van der Waals surface area contributed by atoms with Gasteiger partial charge >= 0.3 is 0 Å². The van der Waals surface area contributed by atoms with Gasteiger partial charge in [0, 0.05) is 19.2 Å². The maximum absolute atomic E-state index is 11.7. The Balaban J connectivity index is 2.68. The molecule has 0 atom stereocenters. The van der Waals surface area contributed by atoms with Gasteiger partial charge < -0.3 is 11.1 Å². The molecule has 1 aliphatic heterocycles. The van der Waals surface area contributed by atoms with Gasteiger partial charge in [0.05, 0.1) is 5.69 Å². The molecule has 0 fully saturated rings. The van der Waals surface area contributed by atoms with Crippen LogP contribution >= 0.6 is 0 Å². The van der Waals surface area contributed by atoms with E-state index in [-0.39, 0.29) is 11.5 Å². The molecule has 0 radical (unpaired) electrons. The maximum Gasteiger partial charge on any atom is 0.252 e. The van der Waals surface area contributed by atoms with Crippen molar-refractivity contribution in [1.29, 1.82) is 0 Å². The average molecular weight is 193 g/mol. The van der Waals surface area contributed by atoms with Crippen LogP contribution in [0.4, 0.5) is 11.5 Å². The topological polar surface area (TPSA) is 60.0 Å². The predicted octanol–water partition coefficient (Wildman–Crippen LogP) is 0.979. The summed E-state index contributed by atoms with van der Waals surface area (Å²) in [5.41, 5.74) is 7.69. The normalized spacial score (nSPS) is 14.2. The molecule has 1 aromatic rings. The lowest BCUT2D eigenvalue weighted by Gasteiger charge is -2.13. The number of rotatable bonds is 1. The molecule has 0 amide bonds. The van der Waals surface area contributed by atoms with Gasteiger partial charge in [-0.25, -0.2) is 0 Å². The van der Waals surface area contributed by atoms with Crippen LogP contribution in [-0.4, -0.2) is 11.1 Å². The first-order chi connectivity index (χ1) is 6.61. The van der Waals surface area contributed by atoms with E-state index >= 15 is 0 Å². The van der Waals surface area contributed by atoms with Gasteiger partial charge in [-0.1, -0.05) is 13.8 Å². The highest BCUT2D eigenvalue weighted by molar-refractivity contribution is 5.68. The smallest absolute Gasteiger partial charge is 0.252 e. The molecule has 1 aliphatic rings. The van der Waals surface area contributed by atoms with Crippen LogP contribution in [0.3, 0.4) is 0 Å². The van der Waals surface area contributed by atoms with Gasteiger partial charge in [0.1, 0.15) is 5.82 Å². The van der Waals surface area contributed by atoms with Crippen LogP contribution < -0.4 is 16.6 Å². The summed E-state index contributed by atoms with van der Waals surface area (Å²) in [6.45, 7) is 5.59. The molecule has 2 rings (SSSR count). The van der Waals surface area contributed by atoms with E-state index in [0.29, 0.717) is 0 Å². The number of anilines is 2. The van der Waals surface area contributed by atoms with E-state index < -0.39 is 0 Å². The number of hydrogen-bond donors (Lipinski definition) is 2. The molecule has 4 nitrogen and oxygen atoms in total. The Bertz CT molecular complexity index is 420. The zero-order valence-electron chi connectivity index (χ0n) is 8.50. The fourth-order valence-electron chi connectivity index (χ4n) is 1.86. The van der Waals surface area contributed by atoms with Crippen molar-refractivity contribution in [2.45, 2.75) is 26.3 Å². The van der Waals surface area contributed by atoms with Gasteiger partial charge in [-0.05, 0) is 11.5 Å². The lowest BCUT2D eigenvalue weighted by molar-refractivity contribution is 0.763. The van der Waals surface area contributed by atoms with E-state index in [9.17, 15) is 4.79 Å². The Morgan fingerprint density at radius 1 is 1.57 bits per heavy atom. The minimum absolute atomic E-state index is 0.0444. The highest BCUT2D eigenvalue weighted by Crippen LogP contribution is 2.28. The van der Waals surface area contributed by atoms with Crippen molar-refractivity contribution in [1.82, 2.24) is 4.57 Å². The number of nitrogens with zero attached hydrogens (tertiary/aromatic N) is 1. The third kappa shape index (κ3) is 1.18. The molecule has 3 N–H and O–H groups in total. The van der Waals surface area contributed by atoms with Crippen molar-refractivity contribution in [2.75, 3.05) is 17.6 Å². The van der Waals surface area contributed by atoms with Gasteiger partial charge in [-0.2, -0.15) is 0 Å². The first-order valence-corrected chi connectivity index (χ1v) is 4.88. The Hall–Kier alpha value is -1.45. The van der Waals surface area contributed by atoms with Crippen molar-refractivity contribution in [3.63, 3.8) is 0 Å². The standard InChI is InChI=1S/C10H15N3O/c1-6(2)7-5-8(14)13-4-3-12-10(13)9(7)11/h5-6,12H,3-4,11H2,1-2H3. The minimum atomic E-state index is 0.0444. The van der Waals surface area contributed by atoms with E-state index in [2.05, 4.69) is 5.32 Å². The molecule has 14 heavy (non-hydrogen) atoms. The van der Waals surface area contributed by atoms with Crippen LogP contribution in [0.1, 0.15) is 25.3 Å². The van der Waals surface area contributed by atoms with Gasteiger partial charge in [0.25, 0.3) is 5.56 Å². The predicted molar refractivity (Wildman–Crippen MR) is 57.7 cm³/mol. The summed E-state index contributed by atoms with van der Waals surface area (Å²) in [5.74, 6) is 1.08. The van der Waals surface area contributed by atoms with Gasteiger partial charge in [-0.3, -0.25) is 9.36 Å². The number of nitrogens with one attached hydrogen (secondary N) is 1. The van der Waals surface area contributed by atoms with Crippen molar-refractivity contribution < 1.29 is 0 Å². The number of nitrogens with two attached hydrogens (primary N) is 1. The van der Waals surface area contributed by atoms with Gasteiger partial charge in [0.15, 0.2) is 0 Å². The SMILES string of the molecule is CC(C)c1cc(=O)n2c(c1N)NCC2. The number of nitrogen functional groups attached to an aromatic ring is 1. The van der Waals surface area contributed by atoms with E-state index in [1.165, 1.54) is 0 Å². The van der Waals surface area contributed by atoms with Crippen LogP contribution in [0.2, 0.25) is 0 Å². The van der Waals surface area contributed by atoms with E-state index in [4.69, 9.17) is 5.73 Å². The molecule has 76 valence electrons. The molecular formula is C10H15N3O. The summed E-state index contributed by atoms with van der Waals surface area (Å²) in [6, 6.07) is 1.65. The van der Waals surface area contributed by atoms with Gasteiger partial charge in [0.2, 0.25) is 0 Å². The second-order valence-electron chi connectivity index (χ2n) is 3.93. The van der Waals surface area contributed by atoms with Crippen molar-refractivity contribution in [3.8, 4) is 0 Å². The quantitative estimate of drug-likeness (QED) is 0.699. The average Bonchev–Trinajstić information content (AvgIpc) is 2.59. The third-order valence-electron chi connectivity index (χ3n) is 2.63. The first-order valence-electron chi connectivity index (χ1n) is 4.88. The summed E-state index contributed by atoms with van der Waals surface area (Å²) in [7, 11) is 0. The fraction of sp³-hybridized carbons (Fsp3) is 0.500. The Morgan fingerprint density at radius 2 is 2.29 bits per heavy atom. The molecule has 2 heterocycles. The summed E-state index contributed by atoms with van der Waals surface area (Å²) < 4.78 is 1.70. The van der Waals surface area contributed by atoms with Crippen molar-refractivity contribution in [3.05, 3.63) is 22.0 Å². The highest BCUT2D eigenvalue weighted by atomic mass is 16.1. The van der Waals surface area contributed by atoms with Gasteiger partial charge in [-0.15, -0.1) is 0 Å². The summed E-state index contributed by atoms with van der Waals surface area (Å²) in [4.78, 5) is 11.7.